The number of hydrogen-bond donors (Lipinski definition) is 9. The molecule has 0 aliphatic carbocycles. The van der Waals surface area contributed by atoms with Crippen molar-refractivity contribution in [2.45, 2.75) is 407 Å². The number of carbonyl (C=O) groups excluding carboxylic acids is 3. The van der Waals surface area contributed by atoms with E-state index in [0.717, 1.165) is 116 Å². The molecule has 0 amide bonds. The molecular formula is C68H120O25. The maximum absolute atomic E-state index is 14.4. The van der Waals surface area contributed by atoms with E-state index < -0.39 is 178 Å². The van der Waals surface area contributed by atoms with Crippen molar-refractivity contribution >= 4 is 17.9 Å². The quantitative estimate of drug-likeness (QED) is 0.0206. The van der Waals surface area contributed by atoms with Crippen LogP contribution in [-0.2, 0) is 76.0 Å². The SMILES string of the molecule is CCCCCCCCCCCC(=O)O[C@@H]1[C@@H](O)[C@H](O)[C@@H](O[C@@H]2[C@@H](O[C@H]3O[C@@H](CO)[C@H](O)[C@@H](O)[C@@H]3O)[C@H](OC(=O)CCCCCCCCC)[C@@H](O[C@H]3[C@@H]4OC(=O)CCCCCCCCC[C@@H](CCCCC)O[C@@H]5O[C@H](C)[C@@H](O)[C@H](O)[C@H]5O[C@@H](O[C@H]3C)[C@H]4O)O[C@H]2C)O[C@H]1C. The van der Waals surface area contributed by atoms with E-state index in [1.807, 2.05) is 0 Å². The van der Waals surface area contributed by atoms with Gasteiger partial charge < -0.3 is 108 Å². The highest BCUT2D eigenvalue weighted by molar-refractivity contribution is 5.70. The van der Waals surface area contributed by atoms with E-state index in [9.17, 15) is 60.3 Å². The Labute approximate surface area is 551 Å². The molecular weight excluding hydrogens is 1220 g/mol. The lowest BCUT2D eigenvalue weighted by atomic mass is 9.95. The Balaban J connectivity index is 1.32. The van der Waals surface area contributed by atoms with Crippen LogP contribution in [0.2, 0.25) is 0 Å². The minimum Gasteiger partial charge on any atom is -0.457 e. The molecule has 542 valence electrons. The highest BCUT2D eigenvalue weighted by atomic mass is 16.8. The molecule has 6 aliphatic rings. The van der Waals surface area contributed by atoms with Gasteiger partial charge in [-0.1, -0.05) is 168 Å². The summed E-state index contributed by atoms with van der Waals surface area (Å²) in [6.45, 7) is 11.7. The van der Waals surface area contributed by atoms with E-state index in [-0.39, 0.29) is 25.4 Å². The van der Waals surface area contributed by atoms with Crippen molar-refractivity contribution in [1.82, 2.24) is 0 Å². The molecule has 2 bridgehead atoms. The molecule has 0 radical (unpaired) electrons. The van der Waals surface area contributed by atoms with Gasteiger partial charge in [0.1, 0.15) is 79.4 Å². The topological polar surface area (TPSA) is 353 Å². The number of aliphatic hydroxyl groups is 9. The first kappa shape index (κ1) is 79.6. The molecule has 0 aromatic rings. The van der Waals surface area contributed by atoms with Crippen LogP contribution in [0, 0.1) is 0 Å². The van der Waals surface area contributed by atoms with Gasteiger partial charge in [-0.3, -0.25) is 14.4 Å². The van der Waals surface area contributed by atoms with Gasteiger partial charge in [0.05, 0.1) is 37.1 Å². The Kier molecular flexibility index (Phi) is 35.9. The predicted molar refractivity (Wildman–Crippen MR) is 335 cm³/mol. The van der Waals surface area contributed by atoms with Crippen LogP contribution in [0.25, 0.3) is 0 Å². The molecule has 0 aromatic carbocycles. The number of carbonyl (C=O) groups is 3. The fourth-order valence-corrected chi connectivity index (χ4v) is 13.4. The van der Waals surface area contributed by atoms with Crippen LogP contribution < -0.4 is 0 Å². The second-order valence-corrected chi connectivity index (χ2v) is 27.0. The lowest BCUT2D eigenvalue weighted by Gasteiger charge is -2.51. The third-order valence-corrected chi connectivity index (χ3v) is 19.2. The fourth-order valence-electron chi connectivity index (χ4n) is 13.4. The molecule has 0 saturated carbocycles. The largest absolute Gasteiger partial charge is 0.457 e. The predicted octanol–water partition coefficient (Wildman–Crippen LogP) is 6.40. The van der Waals surface area contributed by atoms with Gasteiger partial charge >= 0.3 is 17.9 Å². The lowest BCUT2D eigenvalue weighted by Crippen LogP contribution is -2.68. The summed E-state index contributed by atoms with van der Waals surface area (Å²) in [5, 5.41) is 103. The number of aliphatic hydroxyl groups excluding tert-OH is 9. The summed E-state index contributed by atoms with van der Waals surface area (Å²) >= 11 is 0. The summed E-state index contributed by atoms with van der Waals surface area (Å²) < 4.78 is 82.6. The molecule has 0 unspecified atom stereocenters. The van der Waals surface area contributed by atoms with Gasteiger partial charge in [0, 0.05) is 19.3 Å². The third kappa shape index (κ3) is 24.2. The van der Waals surface area contributed by atoms with Crippen LogP contribution >= 0.6 is 0 Å². The summed E-state index contributed by atoms with van der Waals surface area (Å²) in [5.74, 6) is -2.07. The molecule has 6 rings (SSSR count). The average molecular weight is 1340 g/mol. The highest BCUT2D eigenvalue weighted by Crippen LogP contribution is 2.40. The Morgan fingerprint density at radius 1 is 0.409 bits per heavy atom. The maximum Gasteiger partial charge on any atom is 0.306 e. The van der Waals surface area contributed by atoms with Gasteiger partial charge in [0.25, 0.3) is 0 Å². The van der Waals surface area contributed by atoms with Crippen molar-refractivity contribution in [1.29, 1.82) is 0 Å². The molecule has 25 heteroatoms. The number of ether oxygens (including phenoxy) is 13. The standard InChI is InChI=1S/C68H120O25/c1-8-11-14-16-18-19-23-27-31-36-46(70)87-57-41(5)82-64(55(79)53(57)77)90-59-43(7)84-68(63(89-48(72)38-33-26-21-17-15-12-9-2)62(59)93-65-54(78)51(75)50(74)45(39-69)86-65)91-58-42(6)83-66-56(80)60(58)88-47(71)37-32-28-24-20-22-25-30-35-44(34-29-13-10-3)85-67-61(92-66)52(76)49(73)40(4)81-67/h40-45,49-69,73-80H,8-39H2,1-7H3/t40-,41+,42+,43+,44-,45+,49-,50+,51-,52+,53+,54+,55+,56+,57+,58-,59+,60-,61-,62-,63+,64-,65-,66-,67+,68-/m1/s1. The molecule has 0 spiro atoms. The van der Waals surface area contributed by atoms with Gasteiger partial charge in [-0.05, 0) is 59.8 Å². The summed E-state index contributed by atoms with van der Waals surface area (Å²) in [6, 6.07) is 0. The first-order chi connectivity index (χ1) is 44.7. The van der Waals surface area contributed by atoms with Crippen LogP contribution in [0.5, 0.6) is 0 Å². The summed E-state index contributed by atoms with van der Waals surface area (Å²) in [7, 11) is 0. The van der Waals surface area contributed by atoms with E-state index in [1.54, 1.807) is 13.8 Å². The minimum absolute atomic E-state index is 0.0416. The van der Waals surface area contributed by atoms with Gasteiger partial charge in [-0.25, -0.2) is 0 Å². The number of fused-ring (bicyclic) bond motifs is 3. The smallest absolute Gasteiger partial charge is 0.306 e. The lowest BCUT2D eigenvalue weighted by molar-refractivity contribution is -0.400. The van der Waals surface area contributed by atoms with Crippen molar-refractivity contribution in [2.24, 2.45) is 0 Å². The highest BCUT2D eigenvalue weighted by Gasteiger charge is 2.59. The Bertz CT molecular complexity index is 2080. The van der Waals surface area contributed by atoms with Gasteiger partial charge in [-0.15, -0.1) is 0 Å². The Morgan fingerprint density at radius 2 is 0.892 bits per heavy atom. The molecule has 6 aliphatic heterocycles. The molecule has 93 heavy (non-hydrogen) atoms. The fraction of sp³-hybridized carbons (Fsp3) is 0.956. The summed E-state index contributed by atoms with van der Waals surface area (Å²) in [6.07, 6.45) is -14.5. The van der Waals surface area contributed by atoms with Gasteiger partial charge in [0.2, 0.25) is 0 Å². The molecule has 6 fully saturated rings. The first-order valence-electron chi connectivity index (χ1n) is 35.9. The zero-order chi connectivity index (χ0) is 67.6. The van der Waals surface area contributed by atoms with Crippen LogP contribution in [0.15, 0.2) is 0 Å². The summed E-state index contributed by atoms with van der Waals surface area (Å²) in [4.78, 5) is 41.7. The molecule has 6 saturated heterocycles. The third-order valence-electron chi connectivity index (χ3n) is 19.2. The van der Waals surface area contributed by atoms with Crippen molar-refractivity contribution < 1.29 is 122 Å². The van der Waals surface area contributed by atoms with E-state index in [1.165, 1.54) is 39.5 Å². The van der Waals surface area contributed by atoms with E-state index >= 15 is 0 Å². The zero-order valence-corrected chi connectivity index (χ0v) is 56.7. The number of hydrogen-bond acceptors (Lipinski definition) is 25. The van der Waals surface area contributed by atoms with Crippen LogP contribution in [0.4, 0.5) is 0 Å². The molecule has 9 N–H and O–H groups in total. The number of esters is 3. The Hall–Kier alpha value is -2.35. The number of unbranched alkanes of at least 4 members (excludes halogenated alkanes) is 16. The molecule has 26 atom stereocenters. The minimum atomic E-state index is -2.02. The van der Waals surface area contributed by atoms with E-state index in [2.05, 4.69) is 20.8 Å². The molecule has 6 heterocycles. The second kappa shape index (κ2) is 41.9. The van der Waals surface area contributed by atoms with Crippen molar-refractivity contribution in [2.75, 3.05) is 6.61 Å². The Morgan fingerprint density at radius 3 is 1.51 bits per heavy atom. The van der Waals surface area contributed by atoms with Gasteiger partial charge in [-0.2, -0.15) is 0 Å². The maximum atomic E-state index is 14.4. The first-order valence-corrected chi connectivity index (χ1v) is 35.9. The van der Waals surface area contributed by atoms with Crippen LogP contribution in [-0.4, -0.2) is 230 Å². The normalized spacial score (nSPS) is 39.4. The van der Waals surface area contributed by atoms with Crippen molar-refractivity contribution in [3.05, 3.63) is 0 Å². The monoisotopic (exact) mass is 1340 g/mol. The van der Waals surface area contributed by atoms with Crippen LogP contribution in [0.1, 0.15) is 248 Å². The number of rotatable bonds is 31. The van der Waals surface area contributed by atoms with E-state index in [0.29, 0.717) is 38.5 Å². The summed E-state index contributed by atoms with van der Waals surface area (Å²) in [5.41, 5.74) is 0. The van der Waals surface area contributed by atoms with Gasteiger partial charge in [0.15, 0.2) is 49.8 Å². The van der Waals surface area contributed by atoms with Crippen LogP contribution in [0.3, 0.4) is 0 Å². The average Bonchev–Trinajstić information content (AvgIpc) is 0.783. The zero-order valence-electron chi connectivity index (χ0n) is 56.7. The second-order valence-electron chi connectivity index (χ2n) is 27.0. The molecule has 25 nitrogen and oxygen atoms in total. The van der Waals surface area contributed by atoms with Crippen molar-refractivity contribution in [3.8, 4) is 0 Å². The van der Waals surface area contributed by atoms with E-state index in [4.69, 9.17) is 61.6 Å². The molecule has 0 aromatic heterocycles. The van der Waals surface area contributed by atoms with Crippen molar-refractivity contribution in [3.63, 3.8) is 0 Å².